The lowest BCUT2D eigenvalue weighted by atomic mass is 10.1. The zero-order valence-corrected chi connectivity index (χ0v) is 10.8. The van der Waals surface area contributed by atoms with Crippen LogP contribution in [0, 0.1) is 12.7 Å². The molecule has 0 aliphatic carbocycles. The monoisotopic (exact) mass is 253 g/mol. The molecule has 0 fully saturated rings. The number of halogens is 1. The van der Waals surface area contributed by atoms with Crippen LogP contribution in [-0.2, 0) is 4.79 Å². The lowest BCUT2D eigenvalue weighted by Crippen LogP contribution is -1.93. The van der Waals surface area contributed by atoms with Gasteiger partial charge in [-0.2, -0.15) is 0 Å². The van der Waals surface area contributed by atoms with Crippen molar-refractivity contribution in [1.82, 2.24) is 0 Å². The van der Waals surface area contributed by atoms with Gasteiger partial charge in [-0.15, -0.1) is 0 Å². The number of carbonyl (C=O) groups excluding carboxylic acids is 1. The number of thioether (sulfide) groups is 1. The van der Waals surface area contributed by atoms with Crippen LogP contribution >= 0.6 is 11.8 Å². The number of benzene rings is 1. The van der Waals surface area contributed by atoms with Gasteiger partial charge in [-0.1, -0.05) is 23.9 Å². The molecule has 0 saturated heterocycles. The van der Waals surface area contributed by atoms with E-state index in [0.717, 1.165) is 17.7 Å². The van der Waals surface area contributed by atoms with E-state index in [1.165, 1.54) is 24.8 Å². The Bertz CT molecular complexity index is 443. The summed E-state index contributed by atoms with van der Waals surface area (Å²) < 4.78 is 13.5. The summed E-state index contributed by atoms with van der Waals surface area (Å²) in [6, 6.07) is 3.05. The average Bonchev–Trinajstić information content (AvgIpc) is 2.24. The van der Waals surface area contributed by atoms with E-state index in [2.05, 4.69) is 0 Å². The molecule has 0 bridgehead atoms. The number of hydrogen-bond acceptors (Lipinski definition) is 3. The quantitative estimate of drug-likeness (QED) is 0.660. The fourth-order valence-electron chi connectivity index (χ4n) is 1.32. The molecule has 0 radical (unpaired) electrons. The van der Waals surface area contributed by atoms with Crippen molar-refractivity contribution in [3.8, 4) is 0 Å². The number of nitrogen functional groups attached to an aromatic ring is 1. The summed E-state index contributed by atoms with van der Waals surface area (Å²) in [5.41, 5.74) is 7.53. The second kappa shape index (κ2) is 6.45. The molecule has 0 spiro atoms. The molecule has 0 amide bonds. The Morgan fingerprint density at radius 3 is 2.88 bits per heavy atom. The maximum Gasteiger partial charge on any atom is 0.185 e. The fourth-order valence-corrected chi connectivity index (χ4v) is 1.86. The highest BCUT2D eigenvalue weighted by Crippen LogP contribution is 2.18. The molecule has 0 saturated carbocycles. The number of rotatable bonds is 4. The number of hydrogen-bond donors (Lipinski definition) is 1. The third kappa shape index (κ3) is 4.61. The smallest absolute Gasteiger partial charge is 0.185 e. The molecule has 2 N–H and O–H groups in total. The third-order valence-electron chi connectivity index (χ3n) is 2.27. The van der Waals surface area contributed by atoms with Crippen molar-refractivity contribution < 1.29 is 9.18 Å². The maximum absolute atomic E-state index is 13.5. The third-order valence-corrected chi connectivity index (χ3v) is 3.12. The molecule has 0 aliphatic heterocycles. The highest BCUT2D eigenvalue weighted by atomic mass is 32.2. The van der Waals surface area contributed by atoms with Crippen LogP contribution in [0.1, 0.15) is 24.5 Å². The molecular weight excluding hydrogens is 237 g/mol. The molecule has 0 aromatic heterocycles. The van der Waals surface area contributed by atoms with Crippen LogP contribution in [0.3, 0.4) is 0 Å². The lowest BCUT2D eigenvalue weighted by molar-refractivity contribution is -0.109. The van der Waals surface area contributed by atoms with Crippen molar-refractivity contribution in [3.05, 3.63) is 35.2 Å². The van der Waals surface area contributed by atoms with E-state index in [9.17, 15) is 9.18 Å². The molecule has 0 aliphatic rings. The van der Waals surface area contributed by atoms with Gasteiger partial charge in [0.15, 0.2) is 5.12 Å². The van der Waals surface area contributed by atoms with Gasteiger partial charge < -0.3 is 5.73 Å². The van der Waals surface area contributed by atoms with Gasteiger partial charge in [0, 0.05) is 23.9 Å². The Kier molecular flexibility index (Phi) is 5.22. The predicted octanol–water partition coefficient (Wildman–Crippen LogP) is 3.40. The second-order valence-electron chi connectivity index (χ2n) is 3.76. The van der Waals surface area contributed by atoms with Crippen LogP contribution in [-0.4, -0.2) is 10.9 Å². The van der Waals surface area contributed by atoms with E-state index < -0.39 is 0 Å². The molecule has 2 nitrogen and oxygen atoms in total. The largest absolute Gasteiger partial charge is 0.398 e. The van der Waals surface area contributed by atoms with Crippen molar-refractivity contribution in [2.75, 3.05) is 11.5 Å². The Balaban J connectivity index is 2.59. The summed E-state index contributed by atoms with van der Waals surface area (Å²) in [5.74, 6) is 0.446. The minimum Gasteiger partial charge on any atom is -0.398 e. The van der Waals surface area contributed by atoms with Gasteiger partial charge >= 0.3 is 0 Å². The van der Waals surface area contributed by atoms with E-state index in [-0.39, 0.29) is 10.9 Å². The molecule has 1 aromatic carbocycles. The molecule has 0 unspecified atom stereocenters. The van der Waals surface area contributed by atoms with Gasteiger partial charge in [0.1, 0.15) is 5.82 Å². The van der Waals surface area contributed by atoms with Crippen LogP contribution in [0.4, 0.5) is 10.1 Å². The molecule has 4 heteroatoms. The molecule has 17 heavy (non-hydrogen) atoms. The van der Waals surface area contributed by atoms with E-state index >= 15 is 0 Å². The summed E-state index contributed by atoms with van der Waals surface area (Å²) in [7, 11) is 0. The molecule has 1 rings (SSSR count). The van der Waals surface area contributed by atoms with Crippen molar-refractivity contribution >= 4 is 28.6 Å². The molecule has 1 aromatic rings. The topological polar surface area (TPSA) is 43.1 Å². The second-order valence-corrected chi connectivity index (χ2v) is 5.03. The zero-order chi connectivity index (χ0) is 12.8. The van der Waals surface area contributed by atoms with Crippen molar-refractivity contribution in [1.29, 1.82) is 0 Å². The van der Waals surface area contributed by atoms with Gasteiger partial charge in [-0.05, 0) is 31.0 Å². The lowest BCUT2D eigenvalue weighted by Gasteiger charge is -2.03. The van der Waals surface area contributed by atoms with Gasteiger partial charge in [0.25, 0.3) is 0 Å². The number of anilines is 1. The van der Waals surface area contributed by atoms with Crippen LogP contribution in [0.2, 0.25) is 0 Å². The van der Waals surface area contributed by atoms with Crippen molar-refractivity contribution in [2.24, 2.45) is 0 Å². The van der Waals surface area contributed by atoms with E-state index in [1.807, 2.05) is 6.08 Å². The summed E-state index contributed by atoms with van der Waals surface area (Å²) in [6.07, 6.45) is 4.28. The minimum atomic E-state index is -0.271. The Labute approximate surface area is 105 Å². The summed E-state index contributed by atoms with van der Waals surface area (Å²) in [6.45, 7) is 3.31. The Morgan fingerprint density at radius 2 is 2.24 bits per heavy atom. The number of carbonyl (C=O) groups is 1. The van der Waals surface area contributed by atoms with Gasteiger partial charge in [-0.3, -0.25) is 4.79 Å². The Morgan fingerprint density at radius 1 is 1.53 bits per heavy atom. The summed E-state index contributed by atoms with van der Waals surface area (Å²) in [4.78, 5) is 10.7. The van der Waals surface area contributed by atoms with Crippen LogP contribution in [0.5, 0.6) is 0 Å². The highest BCUT2D eigenvalue weighted by Gasteiger charge is 2.02. The normalized spacial score (nSPS) is 11.0. The van der Waals surface area contributed by atoms with Crippen molar-refractivity contribution in [2.45, 2.75) is 20.3 Å². The average molecular weight is 253 g/mol. The van der Waals surface area contributed by atoms with E-state index in [4.69, 9.17) is 5.73 Å². The first-order valence-corrected chi connectivity index (χ1v) is 6.35. The first kappa shape index (κ1) is 13.8. The summed E-state index contributed by atoms with van der Waals surface area (Å²) in [5, 5.41) is 0.101. The molecule has 92 valence electrons. The maximum atomic E-state index is 13.5. The van der Waals surface area contributed by atoms with Crippen LogP contribution in [0.15, 0.2) is 18.2 Å². The van der Waals surface area contributed by atoms with Gasteiger partial charge in [0.05, 0.1) is 0 Å². The molecule has 0 heterocycles. The van der Waals surface area contributed by atoms with E-state index in [0.29, 0.717) is 11.3 Å². The van der Waals surface area contributed by atoms with Crippen LogP contribution < -0.4 is 5.73 Å². The predicted molar refractivity (Wildman–Crippen MR) is 72.3 cm³/mol. The minimum absolute atomic E-state index is 0.101. The highest BCUT2D eigenvalue weighted by molar-refractivity contribution is 8.13. The standard InChI is InChI=1S/C13H16FNOS/c1-9-7-12(14)11(8-13(9)15)5-3-4-6-17-10(2)16/h3,5,7-8H,4,6,15H2,1-2H3. The molecular formula is C13H16FNOS. The first-order chi connectivity index (χ1) is 8.00. The molecule has 0 atom stereocenters. The van der Waals surface area contributed by atoms with Gasteiger partial charge in [-0.25, -0.2) is 4.39 Å². The number of allylic oxidation sites excluding steroid dienone is 1. The van der Waals surface area contributed by atoms with E-state index in [1.54, 1.807) is 19.1 Å². The van der Waals surface area contributed by atoms with Crippen LogP contribution in [0.25, 0.3) is 6.08 Å². The van der Waals surface area contributed by atoms with Crippen molar-refractivity contribution in [3.63, 3.8) is 0 Å². The summed E-state index contributed by atoms with van der Waals surface area (Å²) >= 11 is 1.27. The van der Waals surface area contributed by atoms with Gasteiger partial charge in [0.2, 0.25) is 0 Å². The number of aryl methyl sites for hydroxylation is 1. The Hall–Kier alpha value is -1.29. The number of nitrogens with two attached hydrogens (primary N) is 1. The fraction of sp³-hybridized carbons (Fsp3) is 0.308. The SMILES string of the molecule is CC(=O)SCCC=Cc1cc(N)c(C)cc1F. The first-order valence-electron chi connectivity index (χ1n) is 5.36. The zero-order valence-electron chi connectivity index (χ0n) is 10.00.